The van der Waals surface area contributed by atoms with Crippen molar-refractivity contribution in [2.24, 2.45) is 0 Å². The summed E-state index contributed by atoms with van der Waals surface area (Å²) in [4.78, 5) is 14.2. The van der Waals surface area contributed by atoms with Gasteiger partial charge in [-0.15, -0.1) is 0 Å². The summed E-state index contributed by atoms with van der Waals surface area (Å²) in [5, 5.41) is 8.61. The molecule has 1 heterocycles. The van der Waals surface area contributed by atoms with E-state index in [0.717, 1.165) is 16.8 Å². The SMILES string of the molecule is N#CCc1cc(-c2ccccc2)[nH]c(=O)c1. The van der Waals surface area contributed by atoms with Gasteiger partial charge in [-0.05, 0) is 17.2 Å². The molecule has 0 aliphatic heterocycles. The van der Waals surface area contributed by atoms with Crippen molar-refractivity contribution >= 4 is 0 Å². The van der Waals surface area contributed by atoms with Gasteiger partial charge in [-0.2, -0.15) is 5.26 Å². The van der Waals surface area contributed by atoms with Gasteiger partial charge < -0.3 is 4.98 Å². The smallest absolute Gasteiger partial charge is 0.248 e. The second-order valence-electron chi connectivity index (χ2n) is 3.47. The van der Waals surface area contributed by atoms with Gasteiger partial charge in [-0.25, -0.2) is 0 Å². The molecule has 16 heavy (non-hydrogen) atoms. The average molecular weight is 210 g/mol. The maximum Gasteiger partial charge on any atom is 0.248 e. The fourth-order valence-electron chi connectivity index (χ4n) is 1.57. The Morgan fingerprint density at radius 1 is 1.19 bits per heavy atom. The second kappa shape index (κ2) is 4.45. The number of nitriles is 1. The van der Waals surface area contributed by atoms with Crippen LogP contribution in [0.15, 0.2) is 47.3 Å². The molecule has 1 aromatic carbocycles. The molecule has 2 rings (SSSR count). The minimum Gasteiger partial charge on any atom is -0.322 e. The number of nitrogens with one attached hydrogen (secondary N) is 1. The molecule has 78 valence electrons. The van der Waals surface area contributed by atoms with Crippen molar-refractivity contribution in [2.75, 3.05) is 0 Å². The van der Waals surface area contributed by atoms with E-state index < -0.39 is 0 Å². The number of benzene rings is 1. The number of aromatic amines is 1. The first-order valence-corrected chi connectivity index (χ1v) is 4.95. The van der Waals surface area contributed by atoms with Crippen molar-refractivity contribution in [1.29, 1.82) is 5.26 Å². The third kappa shape index (κ3) is 2.18. The monoisotopic (exact) mass is 210 g/mol. The van der Waals surface area contributed by atoms with Crippen LogP contribution in [0.3, 0.4) is 0 Å². The summed E-state index contributed by atoms with van der Waals surface area (Å²) in [6.45, 7) is 0. The minimum absolute atomic E-state index is 0.174. The van der Waals surface area contributed by atoms with Crippen molar-refractivity contribution < 1.29 is 0 Å². The fraction of sp³-hybridized carbons (Fsp3) is 0.0769. The van der Waals surface area contributed by atoms with Gasteiger partial charge in [0.25, 0.3) is 0 Å². The van der Waals surface area contributed by atoms with Crippen LogP contribution in [0.2, 0.25) is 0 Å². The molecule has 0 saturated heterocycles. The molecule has 0 saturated carbocycles. The maximum absolute atomic E-state index is 11.4. The van der Waals surface area contributed by atoms with Gasteiger partial charge in [0.15, 0.2) is 0 Å². The highest BCUT2D eigenvalue weighted by Crippen LogP contribution is 2.15. The first-order chi connectivity index (χ1) is 7.79. The zero-order valence-corrected chi connectivity index (χ0v) is 8.60. The Bertz CT molecular complexity index is 579. The van der Waals surface area contributed by atoms with Crippen LogP contribution in [-0.4, -0.2) is 4.98 Å². The highest BCUT2D eigenvalue weighted by atomic mass is 16.1. The van der Waals surface area contributed by atoms with Gasteiger partial charge in [0.05, 0.1) is 12.5 Å². The summed E-state index contributed by atoms with van der Waals surface area (Å²) in [7, 11) is 0. The largest absolute Gasteiger partial charge is 0.322 e. The number of nitrogens with zero attached hydrogens (tertiary/aromatic N) is 1. The number of pyridine rings is 1. The van der Waals surface area contributed by atoms with Crippen molar-refractivity contribution in [1.82, 2.24) is 4.98 Å². The fourth-order valence-corrected chi connectivity index (χ4v) is 1.57. The van der Waals surface area contributed by atoms with E-state index in [1.54, 1.807) is 0 Å². The number of aromatic nitrogens is 1. The van der Waals surface area contributed by atoms with Gasteiger partial charge in [-0.1, -0.05) is 30.3 Å². The molecule has 0 unspecified atom stereocenters. The Labute approximate surface area is 93.0 Å². The lowest BCUT2D eigenvalue weighted by Crippen LogP contribution is -2.06. The first kappa shape index (κ1) is 10.2. The Morgan fingerprint density at radius 2 is 1.94 bits per heavy atom. The predicted octanol–water partition coefficient (Wildman–Crippen LogP) is 2.11. The molecular formula is C13H10N2O. The number of hydrogen-bond acceptors (Lipinski definition) is 2. The van der Waals surface area contributed by atoms with Crippen molar-refractivity contribution in [3.63, 3.8) is 0 Å². The Hall–Kier alpha value is -2.34. The molecule has 0 spiro atoms. The summed E-state index contributed by atoms with van der Waals surface area (Å²) in [6.07, 6.45) is 0.254. The molecule has 3 heteroatoms. The predicted molar refractivity (Wildman–Crippen MR) is 61.8 cm³/mol. The van der Waals surface area contributed by atoms with Gasteiger partial charge in [0.1, 0.15) is 0 Å². The zero-order valence-electron chi connectivity index (χ0n) is 8.60. The Kier molecular flexibility index (Phi) is 2.84. The molecule has 0 fully saturated rings. The highest BCUT2D eigenvalue weighted by molar-refractivity contribution is 5.59. The van der Waals surface area contributed by atoms with Crippen molar-refractivity contribution in [3.05, 3.63) is 58.4 Å². The number of hydrogen-bond donors (Lipinski definition) is 1. The van der Waals surface area contributed by atoms with Crippen molar-refractivity contribution in [2.45, 2.75) is 6.42 Å². The average Bonchev–Trinajstić information content (AvgIpc) is 2.30. The van der Waals surface area contributed by atoms with E-state index >= 15 is 0 Å². The molecule has 3 nitrogen and oxygen atoms in total. The molecule has 0 radical (unpaired) electrons. The van der Waals surface area contributed by atoms with Crippen molar-refractivity contribution in [3.8, 4) is 17.3 Å². The van der Waals surface area contributed by atoms with E-state index in [4.69, 9.17) is 5.26 Å². The van der Waals surface area contributed by atoms with Crippen LogP contribution in [0, 0.1) is 11.3 Å². The van der Waals surface area contributed by atoms with E-state index in [1.807, 2.05) is 42.5 Å². The van der Waals surface area contributed by atoms with Crippen LogP contribution in [0.4, 0.5) is 0 Å². The lowest BCUT2D eigenvalue weighted by molar-refractivity contribution is 1.17. The second-order valence-corrected chi connectivity index (χ2v) is 3.47. The quantitative estimate of drug-likeness (QED) is 0.825. The number of H-pyrrole nitrogens is 1. The van der Waals surface area contributed by atoms with Crippen LogP contribution in [0.5, 0.6) is 0 Å². The van der Waals surface area contributed by atoms with Crippen LogP contribution in [-0.2, 0) is 6.42 Å². The topological polar surface area (TPSA) is 56.6 Å². The molecular weight excluding hydrogens is 200 g/mol. The van der Waals surface area contributed by atoms with Gasteiger partial charge in [-0.3, -0.25) is 4.79 Å². The zero-order chi connectivity index (χ0) is 11.4. The normalized spacial score (nSPS) is 9.69. The summed E-state index contributed by atoms with van der Waals surface area (Å²) in [6, 6.07) is 14.9. The summed E-state index contributed by atoms with van der Waals surface area (Å²) >= 11 is 0. The molecule has 1 aromatic heterocycles. The van der Waals surface area contributed by atoms with Crippen LogP contribution in [0.25, 0.3) is 11.3 Å². The third-order valence-electron chi connectivity index (χ3n) is 2.27. The van der Waals surface area contributed by atoms with E-state index in [1.165, 1.54) is 6.07 Å². The molecule has 0 aliphatic rings. The Balaban J connectivity index is 2.51. The molecule has 2 aromatic rings. The van der Waals surface area contributed by atoms with Gasteiger partial charge in [0.2, 0.25) is 5.56 Å². The van der Waals surface area contributed by atoms with E-state index in [0.29, 0.717) is 0 Å². The lowest BCUT2D eigenvalue weighted by atomic mass is 10.1. The lowest BCUT2D eigenvalue weighted by Gasteiger charge is -2.02. The van der Waals surface area contributed by atoms with Crippen LogP contribution in [0.1, 0.15) is 5.56 Å². The standard InChI is InChI=1S/C13H10N2O/c14-7-6-10-8-12(15-13(16)9-10)11-4-2-1-3-5-11/h1-5,8-9H,6H2,(H,15,16). The summed E-state index contributed by atoms with van der Waals surface area (Å²) in [5.74, 6) is 0. The number of rotatable bonds is 2. The van der Waals surface area contributed by atoms with Crippen LogP contribution >= 0.6 is 0 Å². The molecule has 1 N–H and O–H groups in total. The molecule has 0 amide bonds. The third-order valence-corrected chi connectivity index (χ3v) is 2.27. The van der Waals surface area contributed by atoms with Gasteiger partial charge >= 0.3 is 0 Å². The van der Waals surface area contributed by atoms with Crippen LogP contribution < -0.4 is 5.56 Å². The van der Waals surface area contributed by atoms with E-state index in [-0.39, 0.29) is 12.0 Å². The van der Waals surface area contributed by atoms with E-state index in [2.05, 4.69) is 4.98 Å². The molecule has 0 bridgehead atoms. The summed E-state index contributed by atoms with van der Waals surface area (Å²) < 4.78 is 0. The Morgan fingerprint density at radius 3 is 2.62 bits per heavy atom. The molecule has 0 atom stereocenters. The molecule has 0 aliphatic carbocycles. The first-order valence-electron chi connectivity index (χ1n) is 4.95. The van der Waals surface area contributed by atoms with E-state index in [9.17, 15) is 4.79 Å². The minimum atomic E-state index is -0.174. The van der Waals surface area contributed by atoms with Gasteiger partial charge in [0, 0.05) is 11.8 Å². The highest BCUT2D eigenvalue weighted by Gasteiger charge is 2.01. The summed E-state index contributed by atoms with van der Waals surface area (Å²) in [5.41, 5.74) is 2.26. The maximum atomic E-state index is 11.4.